The molecular formula is C10H18O8. The summed E-state index contributed by atoms with van der Waals surface area (Å²) < 4.78 is 5.15. The highest BCUT2D eigenvalue weighted by Crippen LogP contribution is 2.27. The van der Waals surface area contributed by atoms with E-state index in [9.17, 15) is 20.1 Å². The molecule has 0 aromatic carbocycles. The van der Waals surface area contributed by atoms with Gasteiger partial charge in [-0.25, -0.2) is 0 Å². The van der Waals surface area contributed by atoms with Crippen molar-refractivity contribution in [3.63, 3.8) is 0 Å². The van der Waals surface area contributed by atoms with Crippen LogP contribution in [0.3, 0.4) is 0 Å². The molecule has 1 aliphatic heterocycles. The average Bonchev–Trinajstić information content (AvgIpc) is 2.34. The molecule has 8 heteroatoms. The van der Waals surface area contributed by atoms with Gasteiger partial charge in [0.25, 0.3) is 0 Å². The normalized spacial score (nSPS) is 38.4. The number of hydrogen-bond donors (Lipinski definition) is 6. The highest BCUT2D eigenvalue weighted by molar-refractivity contribution is 5.67. The summed E-state index contributed by atoms with van der Waals surface area (Å²) >= 11 is 0. The van der Waals surface area contributed by atoms with Crippen molar-refractivity contribution in [1.82, 2.24) is 0 Å². The third-order valence-electron chi connectivity index (χ3n) is 3.07. The molecule has 106 valence electrons. The van der Waals surface area contributed by atoms with Crippen LogP contribution in [-0.4, -0.2) is 80.3 Å². The third kappa shape index (κ3) is 3.16. The van der Waals surface area contributed by atoms with Crippen LogP contribution in [0.2, 0.25) is 0 Å². The van der Waals surface area contributed by atoms with E-state index >= 15 is 0 Å². The Morgan fingerprint density at radius 3 is 2.17 bits per heavy atom. The van der Waals surface area contributed by atoms with E-state index in [-0.39, 0.29) is 0 Å². The average molecular weight is 266 g/mol. The second kappa shape index (κ2) is 6.41. The topological polar surface area (TPSA) is 148 Å². The molecule has 1 saturated heterocycles. The largest absolute Gasteiger partial charge is 0.481 e. The lowest BCUT2D eigenvalue weighted by Crippen LogP contribution is -2.60. The molecule has 0 bridgehead atoms. The first-order chi connectivity index (χ1) is 8.42. The Morgan fingerprint density at radius 1 is 1.11 bits per heavy atom. The first kappa shape index (κ1) is 15.3. The summed E-state index contributed by atoms with van der Waals surface area (Å²) in [4.78, 5) is 10.6. The Kier molecular flexibility index (Phi) is 5.45. The number of rotatable bonds is 5. The van der Waals surface area contributed by atoms with E-state index < -0.39 is 62.0 Å². The van der Waals surface area contributed by atoms with Crippen LogP contribution in [0.5, 0.6) is 0 Å². The van der Waals surface area contributed by atoms with Crippen LogP contribution >= 0.6 is 0 Å². The zero-order valence-corrected chi connectivity index (χ0v) is 9.59. The summed E-state index contributed by atoms with van der Waals surface area (Å²) in [6.45, 7) is -1.15. The molecule has 1 fully saturated rings. The molecule has 0 saturated carbocycles. The first-order valence-corrected chi connectivity index (χ1v) is 5.55. The molecule has 0 spiro atoms. The maximum Gasteiger partial charge on any atom is 0.303 e. The van der Waals surface area contributed by atoms with Crippen LogP contribution in [0.1, 0.15) is 6.42 Å². The molecule has 0 amide bonds. The number of aliphatic carboxylic acids is 1. The molecule has 0 aromatic rings. The van der Waals surface area contributed by atoms with Crippen LogP contribution in [0.25, 0.3) is 0 Å². The number of carboxylic acid groups (broad SMARTS) is 1. The number of carboxylic acids is 1. The van der Waals surface area contributed by atoms with Crippen LogP contribution in [0, 0.1) is 5.92 Å². The van der Waals surface area contributed by atoms with Gasteiger partial charge in [0.05, 0.1) is 19.1 Å². The van der Waals surface area contributed by atoms with Crippen molar-refractivity contribution in [2.75, 3.05) is 13.2 Å². The number of hydrogen-bond acceptors (Lipinski definition) is 7. The lowest BCUT2D eigenvalue weighted by atomic mass is 9.86. The number of carbonyl (C=O) groups is 1. The molecule has 6 atom stereocenters. The summed E-state index contributed by atoms with van der Waals surface area (Å²) in [5.74, 6) is -2.13. The zero-order chi connectivity index (χ0) is 13.9. The van der Waals surface area contributed by atoms with Crippen LogP contribution in [0.15, 0.2) is 0 Å². The van der Waals surface area contributed by atoms with E-state index in [0.717, 1.165) is 0 Å². The predicted molar refractivity (Wildman–Crippen MR) is 56.6 cm³/mol. The van der Waals surface area contributed by atoms with Gasteiger partial charge in [-0.2, -0.15) is 0 Å². The number of aliphatic hydroxyl groups is 5. The molecule has 8 nitrogen and oxygen atoms in total. The van der Waals surface area contributed by atoms with Gasteiger partial charge in [0.2, 0.25) is 0 Å². The van der Waals surface area contributed by atoms with E-state index in [1.807, 2.05) is 0 Å². The summed E-state index contributed by atoms with van der Waals surface area (Å²) in [6, 6.07) is 0. The van der Waals surface area contributed by atoms with Gasteiger partial charge in [0.15, 0.2) is 0 Å². The highest BCUT2D eigenvalue weighted by atomic mass is 16.5. The molecule has 0 radical (unpaired) electrons. The molecule has 0 unspecified atom stereocenters. The Morgan fingerprint density at radius 2 is 1.72 bits per heavy atom. The second-order valence-electron chi connectivity index (χ2n) is 4.33. The molecule has 0 aromatic heterocycles. The quantitative estimate of drug-likeness (QED) is 0.307. The summed E-state index contributed by atoms with van der Waals surface area (Å²) in [7, 11) is 0. The Balaban J connectivity index is 2.82. The van der Waals surface area contributed by atoms with E-state index in [4.69, 9.17) is 20.1 Å². The predicted octanol–water partition coefficient (Wildman–Crippen LogP) is -3.09. The summed E-state index contributed by atoms with van der Waals surface area (Å²) in [5, 5.41) is 55.5. The lowest BCUT2D eigenvalue weighted by Gasteiger charge is -2.42. The van der Waals surface area contributed by atoms with E-state index in [1.54, 1.807) is 0 Å². The minimum atomic E-state index is -1.57. The molecule has 18 heavy (non-hydrogen) atoms. The van der Waals surface area contributed by atoms with Gasteiger partial charge in [-0.05, 0) is 0 Å². The highest BCUT2D eigenvalue weighted by Gasteiger charge is 2.46. The van der Waals surface area contributed by atoms with Gasteiger partial charge in [-0.15, -0.1) is 0 Å². The zero-order valence-electron chi connectivity index (χ0n) is 9.59. The van der Waals surface area contributed by atoms with Gasteiger partial charge in [-0.3, -0.25) is 4.79 Å². The van der Waals surface area contributed by atoms with Gasteiger partial charge in [0.1, 0.15) is 24.4 Å². The minimum absolute atomic E-state index is 0.459. The van der Waals surface area contributed by atoms with Gasteiger partial charge < -0.3 is 35.4 Å². The minimum Gasteiger partial charge on any atom is -0.481 e. The van der Waals surface area contributed by atoms with Crippen LogP contribution in [-0.2, 0) is 9.53 Å². The third-order valence-corrected chi connectivity index (χ3v) is 3.07. The molecule has 1 aliphatic rings. The van der Waals surface area contributed by atoms with Gasteiger partial charge >= 0.3 is 5.97 Å². The maximum absolute atomic E-state index is 10.6. The monoisotopic (exact) mass is 266 g/mol. The van der Waals surface area contributed by atoms with Crippen molar-refractivity contribution in [3.05, 3.63) is 0 Å². The molecule has 0 aliphatic carbocycles. The van der Waals surface area contributed by atoms with Crippen molar-refractivity contribution < 1.29 is 40.2 Å². The van der Waals surface area contributed by atoms with Crippen LogP contribution in [0.4, 0.5) is 0 Å². The summed E-state index contributed by atoms with van der Waals surface area (Å²) in [5.41, 5.74) is 0. The summed E-state index contributed by atoms with van der Waals surface area (Å²) in [6.07, 6.45) is -7.31. The van der Waals surface area contributed by atoms with Crippen molar-refractivity contribution >= 4 is 5.97 Å². The Labute approximate surface area is 103 Å². The SMILES string of the molecule is O=C(O)C[C@H](CO)[C@@H]1O[C@H](CO)[C@@H](O)[C@H](O)[C@H]1O. The van der Waals surface area contributed by atoms with Gasteiger partial charge in [0, 0.05) is 12.5 Å². The first-order valence-electron chi connectivity index (χ1n) is 5.55. The smallest absolute Gasteiger partial charge is 0.303 e. The van der Waals surface area contributed by atoms with Gasteiger partial charge in [-0.1, -0.05) is 0 Å². The maximum atomic E-state index is 10.6. The second-order valence-corrected chi connectivity index (χ2v) is 4.33. The van der Waals surface area contributed by atoms with Crippen LogP contribution < -0.4 is 0 Å². The molecule has 1 heterocycles. The van der Waals surface area contributed by atoms with E-state index in [2.05, 4.69) is 0 Å². The van der Waals surface area contributed by atoms with Crippen molar-refractivity contribution in [3.8, 4) is 0 Å². The molecule has 1 rings (SSSR count). The molecular weight excluding hydrogens is 248 g/mol. The Bertz CT molecular complexity index is 281. The van der Waals surface area contributed by atoms with E-state index in [0.29, 0.717) is 0 Å². The van der Waals surface area contributed by atoms with Crippen molar-refractivity contribution in [1.29, 1.82) is 0 Å². The van der Waals surface area contributed by atoms with E-state index in [1.165, 1.54) is 0 Å². The fourth-order valence-corrected chi connectivity index (χ4v) is 2.03. The van der Waals surface area contributed by atoms with Crippen molar-refractivity contribution in [2.24, 2.45) is 5.92 Å². The standard InChI is InChI=1S/C10H18O8/c11-2-4(1-6(13)14)10-9(17)8(16)7(15)5(3-12)18-10/h4-5,7-12,15-17H,1-3H2,(H,13,14)/t4-,5-,7-,8+,9-,10+/m1/s1. The lowest BCUT2D eigenvalue weighted by molar-refractivity contribution is -0.244. The number of ether oxygens (including phenoxy) is 1. The molecule has 6 N–H and O–H groups in total. The fourth-order valence-electron chi connectivity index (χ4n) is 2.03. The Hall–Kier alpha value is -0.770. The number of aliphatic hydroxyl groups excluding tert-OH is 5. The fraction of sp³-hybridized carbons (Fsp3) is 0.900. The van der Waals surface area contributed by atoms with Crippen molar-refractivity contribution in [2.45, 2.75) is 36.9 Å².